The fraction of sp³-hybridized carbons (Fsp3) is 0.167. The molecular weight excluding hydrogens is 361 g/mol. The van der Waals surface area contributed by atoms with Crippen molar-refractivity contribution in [1.82, 2.24) is 14.8 Å². The van der Waals surface area contributed by atoms with E-state index >= 15 is 0 Å². The Hall–Kier alpha value is -3.36. The van der Waals surface area contributed by atoms with Crippen LogP contribution in [0, 0.1) is 0 Å². The van der Waals surface area contributed by atoms with Gasteiger partial charge in [-0.2, -0.15) is 18.3 Å². The molecule has 1 amide bonds. The third-order valence-electron chi connectivity index (χ3n) is 3.79. The Morgan fingerprint density at radius 3 is 2.52 bits per heavy atom. The molecule has 6 nitrogen and oxygen atoms in total. The van der Waals surface area contributed by atoms with E-state index in [0.717, 1.165) is 12.1 Å². The van der Waals surface area contributed by atoms with Crippen LogP contribution in [0.1, 0.15) is 11.1 Å². The minimum atomic E-state index is -4.53. The number of anilines is 1. The normalized spacial score (nSPS) is 11.3. The van der Waals surface area contributed by atoms with Gasteiger partial charge in [0.1, 0.15) is 18.4 Å². The van der Waals surface area contributed by atoms with Crippen LogP contribution in [0.3, 0.4) is 0 Å². The van der Waals surface area contributed by atoms with E-state index in [1.807, 2.05) is 0 Å². The van der Waals surface area contributed by atoms with Crippen molar-refractivity contribution in [2.75, 3.05) is 12.4 Å². The number of carbonyl (C=O) groups is 1. The minimum Gasteiger partial charge on any atom is -0.497 e. The number of halogens is 3. The van der Waals surface area contributed by atoms with Gasteiger partial charge in [0.2, 0.25) is 5.91 Å². The molecule has 3 rings (SSSR count). The van der Waals surface area contributed by atoms with Crippen molar-refractivity contribution in [3.05, 3.63) is 66.2 Å². The molecule has 0 atom stereocenters. The first-order chi connectivity index (χ1) is 12.9. The van der Waals surface area contributed by atoms with Gasteiger partial charge in [-0.15, -0.1) is 0 Å². The van der Waals surface area contributed by atoms with E-state index in [0.29, 0.717) is 11.3 Å². The lowest BCUT2D eigenvalue weighted by Gasteiger charge is -2.14. The number of carbonyl (C=O) groups excluding carboxylic acids is 1. The number of aromatic nitrogens is 3. The van der Waals surface area contributed by atoms with Gasteiger partial charge in [0.15, 0.2) is 0 Å². The van der Waals surface area contributed by atoms with Gasteiger partial charge < -0.3 is 10.1 Å². The highest BCUT2D eigenvalue weighted by Crippen LogP contribution is 2.33. The summed E-state index contributed by atoms with van der Waals surface area (Å²) in [6.45, 7) is 0. The van der Waals surface area contributed by atoms with E-state index in [1.165, 1.54) is 30.5 Å². The molecule has 0 aliphatic rings. The molecule has 0 spiro atoms. The van der Waals surface area contributed by atoms with Crippen molar-refractivity contribution in [1.29, 1.82) is 0 Å². The third kappa shape index (κ3) is 4.43. The highest BCUT2D eigenvalue weighted by Gasteiger charge is 2.31. The summed E-state index contributed by atoms with van der Waals surface area (Å²) in [6, 6.07) is 9.87. The number of nitrogens with one attached hydrogen (secondary N) is 1. The van der Waals surface area contributed by atoms with Gasteiger partial charge in [-0.1, -0.05) is 12.1 Å². The molecule has 1 heterocycles. The monoisotopic (exact) mass is 376 g/mol. The Balaban J connectivity index is 1.85. The predicted octanol–water partition coefficient (Wildman–Crippen LogP) is 3.48. The quantitative estimate of drug-likeness (QED) is 0.740. The summed E-state index contributed by atoms with van der Waals surface area (Å²) in [5, 5.41) is 6.44. The van der Waals surface area contributed by atoms with E-state index in [9.17, 15) is 18.0 Å². The first kappa shape index (κ1) is 18.4. The van der Waals surface area contributed by atoms with Crippen molar-refractivity contribution in [2.24, 2.45) is 0 Å². The lowest BCUT2D eigenvalue weighted by Crippen LogP contribution is -2.17. The number of alkyl halides is 3. The summed E-state index contributed by atoms with van der Waals surface area (Å²) in [5.41, 5.74) is 0.103. The van der Waals surface area contributed by atoms with Crippen LogP contribution in [0.4, 0.5) is 18.9 Å². The molecule has 0 aliphatic heterocycles. The smallest absolute Gasteiger partial charge is 0.416 e. The van der Waals surface area contributed by atoms with Crippen molar-refractivity contribution >= 4 is 11.6 Å². The average molecular weight is 376 g/mol. The van der Waals surface area contributed by atoms with Gasteiger partial charge in [0.05, 0.1) is 30.5 Å². The summed E-state index contributed by atoms with van der Waals surface area (Å²) in [6.07, 6.45) is -1.95. The molecule has 27 heavy (non-hydrogen) atoms. The zero-order valence-corrected chi connectivity index (χ0v) is 14.2. The summed E-state index contributed by atoms with van der Waals surface area (Å²) >= 11 is 0. The summed E-state index contributed by atoms with van der Waals surface area (Å²) in [4.78, 5) is 16.1. The second-order valence-corrected chi connectivity index (χ2v) is 5.64. The topological polar surface area (TPSA) is 69.0 Å². The van der Waals surface area contributed by atoms with Crippen LogP contribution < -0.4 is 10.1 Å². The molecule has 0 unspecified atom stereocenters. The van der Waals surface area contributed by atoms with Gasteiger partial charge in [-0.05, 0) is 35.9 Å². The second-order valence-electron chi connectivity index (χ2n) is 5.64. The van der Waals surface area contributed by atoms with Crippen molar-refractivity contribution in [3.63, 3.8) is 0 Å². The molecular formula is C18H15F3N4O2. The number of ether oxygens (including phenoxy) is 1. The van der Waals surface area contributed by atoms with Gasteiger partial charge in [0, 0.05) is 0 Å². The van der Waals surface area contributed by atoms with Crippen LogP contribution >= 0.6 is 0 Å². The molecule has 140 valence electrons. The maximum absolute atomic E-state index is 13.0. The molecule has 1 N–H and O–H groups in total. The predicted molar refractivity (Wildman–Crippen MR) is 91.7 cm³/mol. The fourth-order valence-corrected chi connectivity index (χ4v) is 2.47. The lowest BCUT2D eigenvalue weighted by atomic mass is 10.1. The number of benzene rings is 2. The Kier molecular flexibility index (Phi) is 5.11. The number of hydrogen-bond donors (Lipinski definition) is 1. The number of nitrogens with zero attached hydrogens (tertiary/aromatic N) is 3. The molecule has 9 heteroatoms. The summed E-state index contributed by atoms with van der Waals surface area (Å²) in [7, 11) is 1.53. The maximum atomic E-state index is 13.0. The number of methoxy groups -OCH3 is 1. The number of amides is 1. The van der Waals surface area contributed by atoms with Crippen LogP contribution in [-0.4, -0.2) is 27.8 Å². The van der Waals surface area contributed by atoms with Crippen molar-refractivity contribution in [3.8, 4) is 11.4 Å². The zero-order valence-electron chi connectivity index (χ0n) is 14.2. The molecule has 2 aromatic carbocycles. The number of hydrogen-bond acceptors (Lipinski definition) is 4. The summed E-state index contributed by atoms with van der Waals surface area (Å²) < 4.78 is 45.4. The van der Waals surface area contributed by atoms with E-state index in [2.05, 4.69) is 15.4 Å². The Morgan fingerprint density at radius 1 is 1.19 bits per heavy atom. The molecule has 0 saturated carbocycles. The van der Waals surface area contributed by atoms with Crippen molar-refractivity contribution < 1.29 is 22.7 Å². The first-order valence-corrected chi connectivity index (χ1v) is 7.86. The van der Waals surface area contributed by atoms with Crippen molar-refractivity contribution in [2.45, 2.75) is 12.6 Å². The van der Waals surface area contributed by atoms with Gasteiger partial charge in [0.25, 0.3) is 0 Å². The second kappa shape index (κ2) is 7.48. The Morgan fingerprint density at radius 2 is 1.93 bits per heavy atom. The molecule has 0 bridgehead atoms. The maximum Gasteiger partial charge on any atom is 0.416 e. The molecule has 0 aliphatic carbocycles. The van der Waals surface area contributed by atoms with Gasteiger partial charge in [-0.25, -0.2) is 9.67 Å². The van der Waals surface area contributed by atoms with E-state index in [-0.39, 0.29) is 17.8 Å². The molecule has 0 fully saturated rings. The summed E-state index contributed by atoms with van der Waals surface area (Å²) in [5.74, 6) is 0.186. The van der Waals surface area contributed by atoms with Gasteiger partial charge in [-0.3, -0.25) is 4.79 Å². The number of rotatable bonds is 5. The van der Waals surface area contributed by atoms with E-state index in [1.54, 1.807) is 24.3 Å². The van der Waals surface area contributed by atoms with Crippen LogP contribution in [0.25, 0.3) is 5.69 Å². The highest BCUT2D eigenvalue weighted by atomic mass is 19.4. The van der Waals surface area contributed by atoms with Crippen LogP contribution in [0.15, 0.2) is 55.1 Å². The van der Waals surface area contributed by atoms with Crippen LogP contribution in [-0.2, 0) is 17.4 Å². The Labute approximate surface area is 152 Å². The molecule has 1 aromatic heterocycles. The molecule has 0 saturated heterocycles. The average Bonchev–Trinajstić information content (AvgIpc) is 3.16. The molecule has 3 aromatic rings. The molecule has 0 radical (unpaired) electrons. The van der Waals surface area contributed by atoms with Crippen LogP contribution in [0.2, 0.25) is 0 Å². The lowest BCUT2D eigenvalue weighted by molar-refractivity contribution is -0.137. The van der Waals surface area contributed by atoms with E-state index < -0.39 is 17.6 Å². The zero-order chi connectivity index (χ0) is 19.4. The Bertz CT molecular complexity index is 923. The van der Waals surface area contributed by atoms with Crippen LogP contribution in [0.5, 0.6) is 5.75 Å². The first-order valence-electron chi connectivity index (χ1n) is 7.86. The third-order valence-corrected chi connectivity index (χ3v) is 3.79. The fourth-order valence-electron chi connectivity index (χ4n) is 2.47. The standard InChI is InChI=1S/C18H15F3N4O2/c1-27-14-5-2-12(3-6-14)8-17(26)24-15-9-13(18(19,20)21)4-7-16(15)25-11-22-10-23-25/h2-7,9-11H,8H2,1H3,(H,24,26). The van der Waals surface area contributed by atoms with E-state index in [4.69, 9.17) is 4.74 Å². The SMILES string of the molecule is COc1ccc(CC(=O)Nc2cc(C(F)(F)F)ccc2-n2cncn2)cc1. The minimum absolute atomic E-state index is 0.00294. The highest BCUT2D eigenvalue weighted by molar-refractivity contribution is 5.94. The largest absolute Gasteiger partial charge is 0.497 e. The van der Waals surface area contributed by atoms with Gasteiger partial charge >= 0.3 is 6.18 Å².